The molecule has 11 heteroatoms. The third kappa shape index (κ3) is 6.44. The molecule has 0 fully saturated rings. The van der Waals surface area contributed by atoms with Gasteiger partial charge in [0.25, 0.3) is 0 Å². The Morgan fingerprint density at radius 1 is 0.842 bits per heavy atom. The molecule has 38 heavy (non-hydrogen) atoms. The first-order valence-electron chi connectivity index (χ1n) is 11.6. The highest BCUT2D eigenvalue weighted by Crippen LogP contribution is 2.37. The molecular weight excluding hydrogens is 506 g/mol. The van der Waals surface area contributed by atoms with E-state index in [1.165, 1.54) is 32.2 Å². The number of carbonyl (C=O) groups is 1. The van der Waals surface area contributed by atoms with Crippen LogP contribution >= 0.6 is 0 Å². The van der Waals surface area contributed by atoms with E-state index >= 15 is 0 Å². The third-order valence-corrected chi connectivity index (χ3v) is 7.37. The monoisotopic (exact) mass is 531 g/mol. The Kier molecular flexibility index (Phi) is 8.19. The number of sulfonamides is 1. The van der Waals surface area contributed by atoms with Crippen molar-refractivity contribution in [2.75, 3.05) is 20.2 Å². The van der Waals surface area contributed by atoms with Gasteiger partial charge in [-0.05, 0) is 60.0 Å². The quantitative estimate of drug-likeness (QED) is 0.193. The van der Waals surface area contributed by atoms with Gasteiger partial charge in [0, 0.05) is 25.9 Å². The summed E-state index contributed by atoms with van der Waals surface area (Å²) in [5, 5.41) is 28.3. The number of rotatable bonds is 9. The second kappa shape index (κ2) is 11.7. The lowest BCUT2D eigenvalue weighted by Crippen LogP contribution is -2.30. The maximum Gasteiger partial charge on any atom is 0.302 e. The van der Waals surface area contributed by atoms with Crippen LogP contribution in [-0.2, 0) is 19.6 Å². The lowest BCUT2D eigenvalue weighted by molar-refractivity contribution is -0.141. The number of benzene rings is 4. The summed E-state index contributed by atoms with van der Waals surface area (Å²) in [4.78, 5) is 11.0. The minimum atomic E-state index is -3.82. The van der Waals surface area contributed by atoms with Gasteiger partial charge in [-0.15, -0.1) is 5.11 Å². The number of hydrogen-bond donors (Lipinski definition) is 1. The van der Waals surface area contributed by atoms with Gasteiger partial charge in [-0.2, -0.15) is 19.6 Å². The average Bonchev–Trinajstić information content (AvgIpc) is 2.92. The SMILES string of the molecule is CC(=O)OCCN(C)S(=O)(=O)c1ccc2c(N=Nc3ccc(N=Nc4ccccc4)cc3)c(O)ccc2c1. The standard InChI is InChI=1S/C27H25N5O5S/c1-19(33)37-17-16-32(2)38(35,36)24-13-14-25-20(18-24)8-15-26(34)27(25)31-30-23-11-9-22(10-12-23)29-28-21-6-4-3-5-7-21/h3-15,18,34H,16-17H2,1-2H3. The number of carbonyl (C=O) groups excluding carboxylic acids is 1. The Labute approximate surface area is 220 Å². The van der Waals surface area contributed by atoms with Crippen LogP contribution in [0.2, 0.25) is 0 Å². The van der Waals surface area contributed by atoms with Crippen LogP contribution in [-0.4, -0.2) is 44.0 Å². The molecular formula is C27H25N5O5S. The number of phenols is 1. The van der Waals surface area contributed by atoms with Gasteiger partial charge in [0.1, 0.15) is 18.0 Å². The zero-order valence-corrected chi connectivity index (χ0v) is 21.5. The zero-order valence-electron chi connectivity index (χ0n) is 20.7. The van der Waals surface area contributed by atoms with Crippen LogP contribution in [0.4, 0.5) is 22.7 Å². The van der Waals surface area contributed by atoms with Gasteiger partial charge >= 0.3 is 5.97 Å². The van der Waals surface area contributed by atoms with Gasteiger partial charge in [-0.25, -0.2) is 8.42 Å². The summed E-state index contributed by atoms with van der Waals surface area (Å²) >= 11 is 0. The number of hydrogen-bond acceptors (Lipinski definition) is 9. The summed E-state index contributed by atoms with van der Waals surface area (Å²) in [6.07, 6.45) is 0. The summed E-state index contributed by atoms with van der Waals surface area (Å²) in [5.74, 6) is -0.573. The fraction of sp³-hybridized carbons (Fsp3) is 0.148. The number of likely N-dealkylation sites (N-methyl/N-ethyl adjacent to an activating group) is 1. The van der Waals surface area contributed by atoms with Gasteiger partial charge in [0.2, 0.25) is 10.0 Å². The van der Waals surface area contributed by atoms with Crippen molar-refractivity contribution in [2.24, 2.45) is 20.5 Å². The first-order valence-corrected chi connectivity index (χ1v) is 13.0. The predicted molar refractivity (Wildman–Crippen MR) is 143 cm³/mol. The highest BCUT2D eigenvalue weighted by atomic mass is 32.2. The Morgan fingerprint density at radius 2 is 1.45 bits per heavy atom. The Morgan fingerprint density at radius 3 is 2.08 bits per heavy atom. The van der Waals surface area contributed by atoms with Crippen LogP contribution in [0.3, 0.4) is 0 Å². The molecule has 194 valence electrons. The van der Waals surface area contributed by atoms with Crippen LogP contribution < -0.4 is 0 Å². The number of fused-ring (bicyclic) bond motifs is 1. The summed E-state index contributed by atoms with van der Waals surface area (Å²) < 4.78 is 31.8. The van der Waals surface area contributed by atoms with Crippen LogP contribution in [0.5, 0.6) is 5.75 Å². The van der Waals surface area contributed by atoms with Crippen LogP contribution in [0.15, 0.2) is 110 Å². The normalized spacial score (nSPS) is 12.1. The number of azo groups is 2. The van der Waals surface area contributed by atoms with Crippen LogP contribution in [0.1, 0.15) is 6.92 Å². The Bertz CT molecular complexity index is 1600. The van der Waals surface area contributed by atoms with E-state index < -0.39 is 16.0 Å². The molecule has 0 aliphatic heterocycles. The van der Waals surface area contributed by atoms with E-state index in [4.69, 9.17) is 4.74 Å². The molecule has 0 aliphatic carbocycles. The van der Waals surface area contributed by atoms with Gasteiger partial charge < -0.3 is 9.84 Å². The van der Waals surface area contributed by atoms with E-state index in [0.717, 1.165) is 9.99 Å². The first-order chi connectivity index (χ1) is 18.2. The van der Waals surface area contributed by atoms with E-state index in [2.05, 4.69) is 20.5 Å². The maximum atomic E-state index is 12.9. The molecule has 0 unspecified atom stereocenters. The molecule has 0 saturated heterocycles. The fourth-order valence-electron chi connectivity index (χ4n) is 3.47. The number of aromatic hydroxyl groups is 1. The van der Waals surface area contributed by atoms with Gasteiger partial charge in [-0.1, -0.05) is 30.3 Å². The highest BCUT2D eigenvalue weighted by molar-refractivity contribution is 7.89. The molecule has 0 atom stereocenters. The smallest absolute Gasteiger partial charge is 0.302 e. The molecule has 4 rings (SSSR count). The Hall–Kier alpha value is -4.48. The van der Waals surface area contributed by atoms with Gasteiger partial charge in [0.05, 0.1) is 22.0 Å². The largest absolute Gasteiger partial charge is 0.506 e. The molecule has 0 heterocycles. The molecule has 4 aromatic carbocycles. The predicted octanol–water partition coefficient (Wildman–Crippen LogP) is 6.56. The number of nitrogens with zero attached hydrogens (tertiary/aromatic N) is 5. The molecule has 0 amide bonds. The van der Waals surface area contributed by atoms with E-state index in [9.17, 15) is 18.3 Å². The Balaban J connectivity index is 1.53. The number of ether oxygens (including phenoxy) is 1. The van der Waals surface area contributed by atoms with Crippen molar-refractivity contribution in [1.29, 1.82) is 0 Å². The van der Waals surface area contributed by atoms with E-state index in [0.29, 0.717) is 22.1 Å². The second-order valence-corrected chi connectivity index (χ2v) is 10.3. The van der Waals surface area contributed by atoms with Crippen LogP contribution in [0.25, 0.3) is 10.8 Å². The van der Waals surface area contributed by atoms with Crippen molar-refractivity contribution in [3.05, 3.63) is 84.9 Å². The second-order valence-electron chi connectivity index (χ2n) is 8.23. The van der Waals surface area contributed by atoms with Crippen LogP contribution in [0, 0.1) is 0 Å². The van der Waals surface area contributed by atoms with Crippen molar-refractivity contribution in [3.8, 4) is 5.75 Å². The highest BCUT2D eigenvalue weighted by Gasteiger charge is 2.21. The molecule has 1 N–H and O–H groups in total. The summed E-state index contributed by atoms with van der Waals surface area (Å²) in [6, 6.07) is 23.9. The molecule has 10 nitrogen and oxygen atoms in total. The first kappa shape index (κ1) is 26.6. The third-order valence-electron chi connectivity index (χ3n) is 5.51. The minimum Gasteiger partial charge on any atom is -0.506 e. The molecule has 0 aromatic heterocycles. The molecule has 0 aliphatic rings. The topological polar surface area (TPSA) is 133 Å². The van der Waals surface area contributed by atoms with Crippen molar-refractivity contribution in [1.82, 2.24) is 4.31 Å². The van der Waals surface area contributed by atoms with Gasteiger partial charge in [0.15, 0.2) is 0 Å². The lowest BCUT2D eigenvalue weighted by atomic mass is 10.1. The zero-order chi connectivity index (χ0) is 27.1. The maximum absolute atomic E-state index is 12.9. The summed E-state index contributed by atoms with van der Waals surface area (Å²) in [5.41, 5.74) is 2.14. The van der Waals surface area contributed by atoms with Crippen molar-refractivity contribution < 1.29 is 23.1 Å². The van der Waals surface area contributed by atoms with Crippen molar-refractivity contribution in [2.45, 2.75) is 11.8 Å². The summed E-state index contributed by atoms with van der Waals surface area (Å²) in [6.45, 7) is 1.23. The molecule has 0 bridgehead atoms. The van der Waals surface area contributed by atoms with Gasteiger partial charge in [-0.3, -0.25) is 4.79 Å². The van der Waals surface area contributed by atoms with Crippen molar-refractivity contribution in [3.63, 3.8) is 0 Å². The van der Waals surface area contributed by atoms with E-state index in [-0.39, 0.29) is 29.5 Å². The minimum absolute atomic E-state index is 0.0153. The lowest BCUT2D eigenvalue weighted by Gasteiger charge is -2.17. The van der Waals surface area contributed by atoms with E-state index in [1.807, 2.05) is 30.3 Å². The number of esters is 1. The molecule has 0 spiro atoms. The number of phenolic OH excluding ortho intramolecular Hbond substituents is 1. The molecule has 0 saturated carbocycles. The average molecular weight is 532 g/mol. The van der Waals surface area contributed by atoms with E-state index in [1.54, 1.807) is 36.4 Å². The fourth-order valence-corrected chi connectivity index (χ4v) is 4.66. The van der Waals surface area contributed by atoms with Crippen molar-refractivity contribution >= 4 is 49.5 Å². The summed E-state index contributed by atoms with van der Waals surface area (Å²) in [7, 11) is -2.41. The molecule has 4 aromatic rings. The molecule has 0 radical (unpaired) electrons.